The van der Waals surface area contributed by atoms with Gasteiger partial charge in [-0.05, 0) is 45.4 Å². The van der Waals surface area contributed by atoms with Crippen molar-refractivity contribution in [3.05, 3.63) is 0 Å². The van der Waals surface area contributed by atoms with E-state index in [0.29, 0.717) is 23.7 Å². The summed E-state index contributed by atoms with van der Waals surface area (Å²) in [5, 5.41) is 3.80. The molecule has 1 N–H and O–H groups in total. The monoisotopic (exact) mass is 267 g/mol. The van der Waals surface area contributed by atoms with E-state index in [-0.39, 0.29) is 0 Å². The van der Waals surface area contributed by atoms with E-state index in [4.69, 9.17) is 9.47 Å². The topological polar surface area (TPSA) is 30.5 Å². The first kappa shape index (κ1) is 13.8. The predicted octanol–water partition coefficient (Wildman–Crippen LogP) is 2.88. The van der Waals surface area contributed by atoms with Crippen LogP contribution in [0.5, 0.6) is 0 Å². The summed E-state index contributed by atoms with van der Waals surface area (Å²) in [6, 6.07) is 0.678. The second-order valence-corrected chi connectivity index (χ2v) is 6.57. The second kappa shape index (κ2) is 6.11. The normalized spacial score (nSPS) is 37.4. The molecule has 2 saturated carbocycles. The van der Waals surface area contributed by atoms with Gasteiger partial charge in [-0.2, -0.15) is 0 Å². The van der Waals surface area contributed by atoms with Gasteiger partial charge < -0.3 is 14.8 Å². The Morgan fingerprint density at radius 1 is 1.21 bits per heavy atom. The van der Waals surface area contributed by atoms with Crippen molar-refractivity contribution in [2.24, 2.45) is 5.41 Å². The number of ether oxygens (including phenoxy) is 2. The van der Waals surface area contributed by atoms with Gasteiger partial charge in [0.25, 0.3) is 0 Å². The molecule has 0 aromatic heterocycles. The zero-order chi connectivity index (χ0) is 13.1. The Labute approximate surface area is 117 Å². The lowest BCUT2D eigenvalue weighted by molar-refractivity contribution is -0.132. The Bertz CT molecular complexity index is 282. The Balaban J connectivity index is 1.50. The molecule has 3 aliphatic rings. The molecule has 0 amide bonds. The van der Waals surface area contributed by atoms with E-state index in [1.807, 2.05) is 0 Å². The highest BCUT2D eigenvalue weighted by Crippen LogP contribution is 2.54. The first-order chi connectivity index (χ1) is 9.35. The quantitative estimate of drug-likeness (QED) is 0.831. The molecule has 2 aliphatic carbocycles. The van der Waals surface area contributed by atoms with E-state index < -0.39 is 0 Å². The second-order valence-electron chi connectivity index (χ2n) is 6.57. The number of hydrogen-bond donors (Lipinski definition) is 1. The van der Waals surface area contributed by atoms with Gasteiger partial charge in [-0.3, -0.25) is 0 Å². The van der Waals surface area contributed by atoms with Crippen molar-refractivity contribution in [2.75, 3.05) is 19.8 Å². The third-order valence-electron chi connectivity index (χ3n) is 5.55. The Hall–Kier alpha value is -0.120. The van der Waals surface area contributed by atoms with Crippen LogP contribution in [0.4, 0.5) is 0 Å². The molecule has 110 valence electrons. The fourth-order valence-corrected chi connectivity index (χ4v) is 4.41. The summed E-state index contributed by atoms with van der Waals surface area (Å²) in [5.41, 5.74) is 0.463. The molecule has 3 atom stereocenters. The first-order valence-corrected chi connectivity index (χ1v) is 8.32. The minimum Gasteiger partial charge on any atom is -0.378 e. The van der Waals surface area contributed by atoms with Crippen LogP contribution in [-0.4, -0.2) is 38.0 Å². The highest BCUT2D eigenvalue weighted by atomic mass is 16.5. The minimum absolute atomic E-state index is 0.457. The van der Waals surface area contributed by atoms with Gasteiger partial charge in [0, 0.05) is 31.2 Å². The van der Waals surface area contributed by atoms with Crippen LogP contribution in [-0.2, 0) is 9.47 Å². The molecule has 3 unspecified atom stereocenters. The first-order valence-electron chi connectivity index (χ1n) is 8.32. The standard InChI is InChI=1S/C16H29NO2/c1-2-18-15-11-14(16(15)8-4-5-9-16)17-12-13-7-3-6-10-19-13/h13-15,17H,2-12H2,1H3. The van der Waals surface area contributed by atoms with Crippen LogP contribution in [0.2, 0.25) is 0 Å². The summed E-state index contributed by atoms with van der Waals surface area (Å²) < 4.78 is 11.8. The minimum atomic E-state index is 0.457. The third kappa shape index (κ3) is 2.70. The molecular formula is C16H29NO2. The van der Waals surface area contributed by atoms with Crippen LogP contribution in [0.3, 0.4) is 0 Å². The molecular weight excluding hydrogens is 238 g/mol. The van der Waals surface area contributed by atoms with E-state index in [1.54, 1.807) is 0 Å². The zero-order valence-corrected chi connectivity index (χ0v) is 12.3. The third-order valence-corrected chi connectivity index (χ3v) is 5.55. The molecule has 3 nitrogen and oxygen atoms in total. The van der Waals surface area contributed by atoms with Crippen molar-refractivity contribution in [1.82, 2.24) is 5.32 Å². The van der Waals surface area contributed by atoms with Gasteiger partial charge in [0.15, 0.2) is 0 Å². The van der Waals surface area contributed by atoms with Crippen molar-refractivity contribution in [3.63, 3.8) is 0 Å². The van der Waals surface area contributed by atoms with Gasteiger partial charge in [-0.15, -0.1) is 0 Å². The van der Waals surface area contributed by atoms with Crippen molar-refractivity contribution in [3.8, 4) is 0 Å². The van der Waals surface area contributed by atoms with E-state index in [1.165, 1.54) is 51.4 Å². The maximum absolute atomic E-state index is 5.97. The highest BCUT2D eigenvalue weighted by Gasteiger charge is 2.56. The van der Waals surface area contributed by atoms with Crippen LogP contribution in [0.15, 0.2) is 0 Å². The molecule has 0 aromatic carbocycles. The molecule has 0 aromatic rings. The Kier molecular flexibility index (Phi) is 4.45. The van der Waals surface area contributed by atoms with Gasteiger partial charge in [0.05, 0.1) is 12.2 Å². The smallest absolute Gasteiger partial charge is 0.0699 e. The molecule has 1 saturated heterocycles. The molecule has 19 heavy (non-hydrogen) atoms. The summed E-state index contributed by atoms with van der Waals surface area (Å²) in [6.07, 6.45) is 11.5. The maximum atomic E-state index is 5.97. The fourth-order valence-electron chi connectivity index (χ4n) is 4.41. The fraction of sp³-hybridized carbons (Fsp3) is 1.00. The van der Waals surface area contributed by atoms with Crippen LogP contribution in [0.1, 0.15) is 58.3 Å². The molecule has 1 heterocycles. The molecule has 3 rings (SSSR count). The summed E-state index contributed by atoms with van der Waals surface area (Å²) in [7, 11) is 0. The van der Waals surface area contributed by atoms with E-state index >= 15 is 0 Å². The number of hydrogen-bond acceptors (Lipinski definition) is 3. The van der Waals surface area contributed by atoms with Crippen molar-refractivity contribution < 1.29 is 9.47 Å². The van der Waals surface area contributed by atoms with Gasteiger partial charge in [-0.1, -0.05) is 12.8 Å². The molecule has 0 radical (unpaired) electrons. The highest BCUT2D eigenvalue weighted by molar-refractivity contribution is 5.10. The van der Waals surface area contributed by atoms with Gasteiger partial charge in [-0.25, -0.2) is 0 Å². The lowest BCUT2D eigenvalue weighted by atomic mass is 9.60. The molecule has 3 heteroatoms. The van der Waals surface area contributed by atoms with Crippen molar-refractivity contribution in [1.29, 1.82) is 0 Å². The summed E-state index contributed by atoms with van der Waals surface area (Å²) in [4.78, 5) is 0. The zero-order valence-electron chi connectivity index (χ0n) is 12.3. The largest absolute Gasteiger partial charge is 0.378 e. The molecule has 0 bridgehead atoms. The summed E-state index contributed by atoms with van der Waals surface area (Å²) in [5.74, 6) is 0. The molecule has 1 aliphatic heterocycles. The van der Waals surface area contributed by atoms with E-state index in [2.05, 4.69) is 12.2 Å². The SMILES string of the molecule is CCOC1CC(NCC2CCCCO2)C12CCCC2. The van der Waals surface area contributed by atoms with E-state index in [0.717, 1.165) is 19.8 Å². The average molecular weight is 267 g/mol. The molecule has 1 spiro atoms. The summed E-state index contributed by atoms with van der Waals surface area (Å²) in [6.45, 7) is 5.00. The Morgan fingerprint density at radius 3 is 2.74 bits per heavy atom. The van der Waals surface area contributed by atoms with Crippen molar-refractivity contribution >= 4 is 0 Å². The van der Waals surface area contributed by atoms with Crippen LogP contribution < -0.4 is 5.32 Å². The van der Waals surface area contributed by atoms with Crippen LogP contribution >= 0.6 is 0 Å². The van der Waals surface area contributed by atoms with Crippen molar-refractivity contribution in [2.45, 2.75) is 76.5 Å². The lowest BCUT2D eigenvalue weighted by Gasteiger charge is -2.54. The molecule has 3 fully saturated rings. The van der Waals surface area contributed by atoms with Crippen LogP contribution in [0, 0.1) is 5.41 Å². The van der Waals surface area contributed by atoms with Gasteiger partial charge in [0.2, 0.25) is 0 Å². The Morgan fingerprint density at radius 2 is 2.05 bits per heavy atom. The number of rotatable bonds is 5. The lowest BCUT2D eigenvalue weighted by Crippen LogP contribution is -2.63. The van der Waals surface area contributed by atoms with E-state index in [9.17, 15) is 0 Å². The maximum Gasteiger partial charge on any atom is 0.0699 e. The number of nitrogens with one attached hydrogen (secondary N) is 1. The van der Waals surface area contributed by atoms with Gasteiger partial charge >= 0.3 is 0 Å². The average Bonchev–Trinajstić information content (AvgIpc) is 2.95. The van der Waals surface area contributed by atoms with Gasteiger partial charge in [0.1, 0.15) is 0 Å². The van der Waals surface area contributed by atoms with Crippen LogP contribution in [0.25, 0.3) is 0 Å². The summed E-state index contributed by atoms with van der Waals surface area (Å²) >= 11 is 0. The predicted molar refractivity (Wildman–Crippen MR) is 76.3 cm³/mol.